The Kier molecular flexibility index (Phi) is 3.47. The van der Waals surface area contributed by atoms with E-state index in [0.717, 1.165) is 11.1 Å². The molecule has 106 valence electrons. The molecule has 1 aromatic carbocycles. The van der Waals surface area contributed by atoms with Gasteiger partial charge in [-0.05, 0) is 42.4 Å². The Morgan fingerprint density at radius 3 is 2.75 bits per heavy atom. The first kappa shape index (κ1) is 13.2. The lowest BCUT2D eigenvalue weighted by molar-refractivity contribution is -0.133. The molecule has 20 heavy (non-hydrogen) atoms. The molecule has 0 spiro atoms. The molecule has 3 rings (SSSR count). The highest BCUT2D eigenvalue weighted by Gasteiger charge is 2.27. The zero-order valence-corrected chi connectivity index (χ0v) is 11.5. The Bertz CT molecular complexity index is 549. The van der Waals surface area contributed by atoms with Gasteiger partial charge in [0.1, 0.15) is 0 Å². The van der Waals surface area contributed by atoms with E-state index in [-0.39, 0.29) is 5.91 Å². The van der Waals surface area contributed by atoms with Gasteiger partial charge < -0.3 is 10.0 Å². The Hall–Kier alpha value is -1.84. The minimum atomic E-state index is -0.879. The van der Waals surface area contributed by atoms with Crippen LogP contribution in [-0.2, 0) is 17.8 Å². The highest BCUT2D eigenvalue weighted by atomic mass is 16.4. The van der Waals surface area contributed by atoms with Crippen molar-refractivity contribution in [3.05, 3.63) is 34.9 Å². The fraction of sp³-hybridized carbons (Fsp3) is 0.500. The summed E-state index contributed by atoms with van der Waals surface area (Å²) in [4.78, 5) is 25.3. The normalized spacial score (nSPS) is 18.3. The molecule has 0 atom stereocenters. The molecule has 0 radical (unpaired) electrons. The third-order valence-electron chi connectivity index (χ3n) is 4.54. The van der Waals surface area contributed by atoms with Gasteiger partial charge in [-0.3, -0.25) is 4.79 Å². The van der Waals surface area contributed by atoms with Gasteiger partial charge in [-0.25, -0.2) is 4.79 Å². The van der Waals surface area contributed by atoms with Crippen LogP contribution in [0.2, 0.25) is 0 Å². The summed E-state index contributed by atoms with van der Waals surface area (Å²) in [5, 5.41) is 9.19. The summed E-state index contributed by atoms with van der Waals surface area (Å²) in [5.41, 5.74) is 2.26. The first-order chi connectivity index (χ1) is 9.65. The summed E-state index contributed by atoms with van der Waals surface area (Å²) in [6, 6.07) is 5.35. The Morgan fingerprint density at radius 2 is 2.10 bits per heavy atom. The number of benzene rings is 1. The average Bonchev–Trinajstić information content (AvgIpc) is 2.41. The van der Waals surface area contributed by atoms with Crippen LogP contribution in [0, 0.1) is 5.92 Å². The zero-order chi connectivity index (χ0) is 14.1. The number of carbonyl (C=O) groups is 2. The second-order valence-corrected chi connectivity index (χ2v) is 5.81. The molecule has 4 heteroatoms. The monoisotopic (exact) mass is 273 g/mol. The van der Waals surface area contributed by atoms with Crippen molar-refractivity contribution < 1.29 is 14.7 Å². The van der Waals surface area contributed by atoms with Crippen molar-refractivity contribution in [2.24, 2.45) is 5.92 Å². The van der Waals surface area contributed by atoms with Crippen LogP contribution < -0.4 is 0 Å². The highest BCUT2D eigenvalue weighted by molar-refractivity contribution is 5.90. The number of carboxylic acid groups (broad SMARTS) is 1. The van der Waals surface area contributed by atoms with Gasteiger partial charge in [0.05, 0.1) is 5.56 Å². The molecule has 4 nitrogen and oxygen atoms in total. The number of hydrogen-bond donors (Lipinski definition) is 1. The van der Waals surface area contributed by atoms with Gasteiger partial charge in [0.25, 0.3) is 0 Å². The summed E-state index contributed by atoms with van der Waals surface area (Å²) < 4.78 is 0. The minimum absolute atomic E-state index is 0.223. The average molecular weight is 273 g/mol. The topological polar surface area (TPSA) is 57.6 Å². The molecule has 1 heterocycles. The SMILES string of the molecule is O=C(O)c1cccc2c1CCN(C(=O)CC1CCC1)C2. The molecule has 2 aliphatic rings. The highest BCUT2D eigenvalue weighted by Crippen LogP contribution is 2.31. The molecule has 1 aliphatic carbocycles. The molecule has 0 saturated heterocycles. The number of aromatic carboxylic acids is 1. The predicted octanol–water partition coefficient (Wildman–Crippen LogP) is 2.46. The van der Waals surface area contributed by atoms with Crippen molar-refractivity contribution in [1.29, 1.82) is 0 Å². The van der Waals surface area contributed by atoms with Gasteiger partial charge in [-0.2, -0.15) is 0 Å². The van der Waals surface area contributed by atoms with Crippen LogP contribution in [0.5, 0.6) is 0 Å². The Labute approximate surface area is 118 Å². The number of hydrogen-bond acceptors (Lipinski definition) is 2. The molecule has 0 bridgehead atoms. The van der Waals surface area contributed by atoms with Gasteiger partial charge >= 0.3 is 5.97 Å². The van der Waals surface area contributed by atoms with E-state index in [2.05, 4.69) is 0 Å². The van der Waals surface area contributed by atoms with Crippen LogP contribution in [0.15, 0.2) is 18.2 Å². The smallest absolute Gasteiger partial charge is 0.335 e. The molecular weight excluding hydrogens is 254 g/mol. The quantitative estimate of drug-likeness (QED) is 0.920. The minimum Gasteiger partial charge on any atom is -0.478 e. The standard InChI is InChI=1S/C16H19NO3/c18-15(9-11-3-1-4-11)17-8-7-13-12(10-17)5-2-6-14(13)16(19)20/h2,5-6,11H,1,3-4,7-10H2,(H,19,20). The van der Waals surface area contributed by atoms with E-state index in [1.807, 2.05) is 11.0 Å². The lowest BCUT2D eigenvalue weighted by Gasteiger charge is -2.32. The number of amides is 1. The van der Waals surface area contributed by atoms with E-state index in [1.54, 1.807) is 12.1 Å². The maximum atomic E-state index is 12.2. The fourth-order valence-electron chi connectivity index (χ4n) is 3.10. The summed E-state index contributed by atoms with van der Waals surface area (Å²) in [5.74, 6) is -0.0774. The van der Waals surface area contributed by atoms with Gasteiger partial charge in [0.2, 0.25) is 5.91 Å². The van der Waals surface area contributed by atoms with E-state index in [4.69, 9.17) is 0 Å². The van der Waals surface area contributed by atoms with E-state index >= 15 is 0 Å². The van der Waals surface area contributed by atoms with Gasteiger partial charge in [0.15, 0.2) is 0 Å². The second kappa shape index (κ2) is 5.27. The van der Waals surface area contributed by atoms with E-state index in [1.165, 1.54) is 19.3 Å². The number of carbonyl (C=O) groups excluding carboxylic acids is 1. The van der Waals surface area contributed by atoms with Crippen molar-refractivity contribution in [1.82, 2.24) is 4.90 Å². The van der Waals surface area contributed by atoms with E-state index < -0.39 is 5.97 Å². The molecule has 0 unspecified atom stereocenters. The lowest BCUT2D eigenvalue weighted by Crippen LogP contribution is -2.38. The van der Waals surface area contributed by atoms with Crippen molar-refractivity contribution in [3.8, 4) is 0 Å². The maximum absolute atomic E-state index is 12.2. The molecule has 1 saturated carbocycles. The second-order valence-electron chi connectivity index (χ2n) is 5.81. The van der Waals surface area contributed by atoms with Crippen LogP contribution in [0.25, 0.3) is 0 Å². The van der Waals surface area contributed by atoms with Crippen LogP contribution >= 0.6 is 0 Å². The fourth-order valence-corrected chi connectivity index (χ4v) is 3.10. The largest absolute Gasteiger partial charge is 0.478 e. The number of nitrogens with zero attached hydrogens (tertiary/aromatic N) is 1. The molecule has 1 aliphatic heterocycles. The predicted molar refractivity (Wildman–Crippen MR) is 74.5 cm³/mol. The summed E-state index contributed by atoms with van der Waals surface area (Å²) in [6.45, 7) is 1.20. The zero-order valence-electron chi connectivity index (χ0n) is 11.5. The van der Waals surface area contributed by atoms with Crippen molar-refractivity contribution in [2.75, 3.05) is 6.54 Å². The summed E-state index contributed by atoms with van der Waals surface area (Å²) in [6.07, 6.45) is 4.92. The first-order valence-corrected chi connectivity index (χ1v) is 7.27. The van der Waals surface area contributed by atoms with Crippen LogP contribution in [0.4, 0.5) is 0 Å². The lowest BCUT2D eigenvalue weighted by atomic mass is 9.82. The molecule has 0 aromatic heterocycles. The van der Waals surface area contributed by atoms with Crippen molar-refractivity contribution in [2.45, 2.75) is 38.6 Å². The molecular formula is C16H19NO3. The third-order valence-corrected chi connectivity index (χ3v) is 4.54. The van der Waals surface area contributed by atoms with Crippen molar-refractivity contribution >= 4 is 11.9 Å². The molecule has 1 N–H and O–H groups in total. The number of carboxylic acids is 1. The summed E-state index contributed by atoms with van der Waals surface area (Å²) >= 11 is 0. The number of rotatable bonds is 3. The molecule has 1 aromatic rings. The van der Waals surface area contributed by atoms with E-state index in [0.29, 0.717) is 37.4 Å². The van der Waals surface area contributed by atoms with Gasteiger partial charge in [-0.1, -0.05) is 18.6 Å². The first-order valence-electron chi connectivity index (χ1n) is 7.27. The van der Waals surface area contributed by atoms with Crippen LogP contribution in [-0.4, -0.2) is 28.4 Å². The third kappa shape index (κ3) is 2.42. The van der Waals surface area contributed by atoms with Crippen LogP contribution in [0.1, 0.15) is 47.2 Å². The molecule has 1 amide bonds. The maximum Gasteiger partial charge on any atom is 0.335 e. The van der Waals surface area contributed by atoms with Gasteiger partial charge in [0, 0.05) is 19.5 Å². The van der Waals surface area contributed by atoms with Crippen LogP contribution in [0.3, 0.4) is 0 Å². The Balaban J connectivity index is 1.73. The van der Waals surface area contributed by atoms with E-state index in [9.17, 15) is 14.7 Å². The van der Waals surface area contributed by atoms with Crippen molar-refractivity contribution in [3.63, 3.8) is 0 Å². The van der Waals surface area contributed by atoms with Gasteiger partial charge in [-0.15, -0.1) is 0 Å². The number of fused-ring (bicyclic) bond motifs is 1. The summed E-state index contributed by atoms with van der Waals surface area (Å²) in [7, 11) is 0. The molecule has 1 fully saturated rings. The Morgan fingerprint density at radius 1 is 1.30 bits per heavy atom.